The topological polar surface area (TPSA) is 3.24 Å². The third-order valence-electron chi connectivity index (χ3n) is 1.93. The van der Waals surface area contributed by atoms with Crippen molar-refractivity contribution in [2.45, 2.75) is 6.92 Å². The van der Waals surface area contributed by atoms with Crippen LogP contribution < -0.4 is 4.90 Å². The smallest absolute Gasteiger partial charge is 0.448 e. The van der Waals surface area contributed by atoms with Gasteiger partial charge >= 0.3 is 6.98 Å². The van der Waals surface area contributed by atoms with Crippen LogP contribution in [0.15, 0.2) is 30.3 Å². The van der Waals surface area contributed by atoms with Crippen molar-refractivity contribution in [3.05, 3.63) is 30.3 Å². The molecule has 0 saturated heterocycles. The zero-order valence-corrected chi connectivity index (χ0v) is 7.96. The van der Waals surface area contributed by atoms with Crippen molar-refractivity contribution >= 4 is 12.7 Å². The van der Waals surface area contributed by atoms with E-state index in [0.29, 0.717) is 12.2 Å². The van der Waals surface area contributed by atoms with Crippen molar-refractivity contribution in [1.29, 1.82) is 0 Å². The molecule has 5 heteroatoms. The number of benzene rings is 1. The van der Waals surface area contributed by atoms with Crippen LogP contribution in [0.5, 0.6) is 0 Å². The molecule has 1 rings (SSSR count). The third kappa shape index (κ3) is 3.32. The Bertz CT molecular complexity index is 273. The minimum absolute atomic E-state index is 0.366. The maximum absolute atomic E-state index is 12.2. The van der Waals surface area contributed by atoms with Crippen LogP contribution >= 0.6 is 0 Å². The predicted molar refractivity (Wildman–Crippen MR) is 53.4 cm³/mol. The Kier molecular flexibility index (Phi) is 3.44. The zero-order valence-electron chi connectivity index (χ0n) is 7.96. The number of rotatable bonds is 4. The summed E-state index contributed by atoms with van der Waals surface area (Å²) in [5, 5.41) is 0. The van der Waals surface area contributed by atoms with E-state index in [0.717, 1.165) is 0 Å². The van der Waals surface area contributed by atoms with Gasteiger partial charge in [-0.25, -0.2) is 0 Å². The van der Waals surface area contributed by atoms with E-state index >= 15 is 0 Å². The summed E-state index contributed by atoms with van der Waals surface area (Å²) in [5.41, 5.74) is 0.620. The van der Waals surface area contributed by atoms with Gasteiger partial charge in [-0.3, -0.25) is 0 Å². The molecule has 0 atom stereocenters. The summed E-state index contributed by atoms with van der Waals surface area (Å²) in [6.07, 6.45) is -0.833. The Morgan fingerprint density at radius 3 is 2.14 bits per heavy atom. The second-order valence-electron chi connectivity index (χ2n) is 3.08. The summed E-state index contributed by atoms with van der Waals surface area (Å²) in [7, 11) is 0. The molecule has 0 amide bonds. The number of halogens is 3. The van der Waals surface area contributed by atoms with E-state index in [9.17, 15) is 12.9 Å². The van der Waals surface area contributed by atoms with Gasteiger partial charge in [0.05, 0.1) is 0 Å². The number of hydrogen-bond acceptors (Lipinski definition) is 1. The lowest BCUT2D eigenvalue weighted by Gasteiger charge is -2.28. The first-order chi connectivity index (χ1) is 6.53. The van der Waals surface area contributed by atoms with Gasteiger partial charge in [0.2, 0.25) is 0 Å². The van der Waals surface area contributed by atoms with Crippen molar-refractivity contribution in [2.75, 3.05) is 17.9 Å². The van der Waals surface area contributed by atoms with Crippen molar-refractivity contribution in [3.63, 3.8) is 0 Å². The molecule has 1 aromatic carbocycles. The standard InChI is InChI=1S/C9H12BF3N/c1-2-14(8-10(11,12)13)9-6-4-3-5-7-9/h3-7H,2,8H2,1H3/q-1. The molecule has 0 aliphatic heterocycles. The first-order valence-corrected chi connectivity index (χ1v) is 4.54. The number of nitrogens with zero attached hydrogens (tertiary/aromatic N) is 1. The van der Waals surface area contributed by atoms with E-state index in [-0.39, 0.29) is 0 Å². The number of hydrogen-bond donors (Lipinski definition) is 0. The van der Waals surface area contributed by atoms with E-state index < -0.39 is 13.4 Å². The average molecular weight is 202 g/mol. The summed E-state index contributed by atoms with van der Waals surface area (Å²) in [6.45, 7) is -2.67. The Balaban J connectivity index is 2.73. The first-order valence-electron chi connectivity index (χ1n) is 4.54. The second kappa shape index (κ2) is 4.40. The van der Waals surface area contributed by atoms with Crippen LogP contribution in [0.2, 0.25) is 0 Å². The van der Waals surface area contributed by atoms with Crippen LogP contribution in [-0.2, 0) is 0 Å². The van der Waals surface area contributed by atoms with E-state index in [2.05, 4.69) is 0 Å². The third-order valence-corrected chi connectivity index (χ3v) is 1.93. The first kappa shape index (κ1) is 11.0. The predicted octanol–water partition coefficient (Wildman–Crippen LogP) is 2.90. The van der Waals surface area contributed by atoms with Crippen LogP contribution in [0.3, 0.4) is 0 Å². The fraction of sp³-hybridized carbons (Fsp3) is 0.333. The van der Waals surface area contributed by atoms with Gasteiger partial charge in [-0.15, -0.1) is 0 Å². The Labute approximate surface area is 81.6 Å². The van der Waals surface area contributed by atoms with Crippen molar-refractivity contribution < 1.29 is 12.9 Å². The molecule has 0 heterocycles. The van der Waals surface area contributed by atoms with Crippen LogP contribution in [0, 0.1) is 0 Å². The Morgan fingerprint density at radius 2 is 1.71 bits per heavy atom. The summed E-state index contributed by atoms with van der Waals surface area (Å²) in [5.74, 6) is 0. The molecular formula is C9H12BF3N-. The molecule has 78 valence electrons. The van der Waals surface area contributed by atoms with Crippen LogP contribution in [0.4, 0.5) is 18.6 Å². The normalized spacial score (nSPS) is 11.4. The molecule has 0 N–H and O–H groups in total. The van der Waals surface area contributed by atoms with Crippen LogP contribution in [-0.4, -0.2) is 20.0 Å². The molecule has 14 heavy (non-hydrogen) atoms. The Morgan fingerprint density at radius 1 is 1.14 bits per heavy atom. The van der Waals surface area contributed by atoms with Crippen molar-refractivity contribution in [2.24, 2.45) is 0 Å². The fourth-order valence-corrected chi connectivity index (χ4v) is 1.31. The highest BCUT2D eigenvalue weighted by atomic mass is 19.4. The van der Waals surface area contributed by atoms with Gasteiger partial charge in [-0.05, 0) is 25.5 Å². The molecular weight excluding hydrogens is 190 g/mol. The fourth-order valence-electron chi connectivity index (χ4n) is 1.31. The van der Waals surface area contributed by atoms with E-state index in [1.165, 1.54) is 4.90 Å². The number of anilines is 1. The van der Waals surface area contributed by atoms with Gasteiger partial charge in [0, 0.05) is 12.2 Å². The Hall–Kier alpha value is -1.13. The largest absolute Gasteiger partial charge is 0.497 e. The van der Waals surface area contributed by atoms with Crippen LogP contribution in [0.25, 0.3) is 0 Å². The average Bonchev–Trinajstić information content (AvgIpc) is 2.14. The summed E-state index contributed by atoms with van der Waals surface area (Å²) >= 11 is 0. The molecule has 0 aromatic heterocycles. The molecule has 0 saturated carbocycles. The SMILES string of the molecule is CCN(C[B-](F)(F)F)c1ccccc1. The lowest BCUT2D eigenvalue weighted by Crippen LogP contribution is -2.37. The molecule has 0 spiro atoms. The van der Waals surface area contributed by atoms with Crippen molar-refractivity contribution in [1.82, 2.24) is 0 Å². The lowest BCUT2D eigenvalue weighted by molar-refractivity contribution is 0.467. The van der Waals surface area contributed by atoms with E-state index in [1.807, 2.05) is 0 Å². The zero-order chi connectivity index (χ0) is 10.6. The van der Waals surface area contributed by atoms with Gasteiger partial charge in [0.25, 0.3) is 0 Å². The van der Waals surface area contributed by atoms with E-state index in [4.69, 9.17) is 0 Å². The molecule has 1 aromatic rings. The second-order valence-corrected chi connectivity index (χ2v) is 3.08. The summed E-state index contributed by atoms with van der Waals surface area (Å²) < 4.78 is 36.6. The van der Waals surface area contributed by atoms with Gasteiger partial charge in [0.15, 0.2) is 0 Å². The molecule has 0 radical (unpaired) electrons. The minimum Gasteiger partial charge on any atom is -0.448 e. The number of para-hydroxylation sites is 1. The molecule has 0 aliphatic rings. The van der Waals surface area contributed by atoms with Crippen molar-refractivity contribution in [3.8, 4) is 0 Å². The summed E-state index contributed by atoms with van der Waals surface area (Å²) in [4.78, 5) is 1.32. The minimum atomic E-state index is -4.75. The molecule has 0 bridgehead atoms. The highest BCUT2D eigenvalue weighted by Crippen LogP contribution is 2.17. The highest BCUT2D eigenvalue weighted by Gasteiger charge is 2.25. The maximum Gasteiger partial charge on any atom is 0.497 e. The molecule has 1 nitrogen and oxygen atoms in total. The monoisotopic (exact) mass is 202 g/mol. The molecule has 0 unspecified atom stereocenters. The quantitative estimate of drug-likeness (QED) is 0.678. The van der Waals surface area contributed by atoms with Gasteiger partial charge in [-0.2, -0.15) is 0 Å². The molecule has 0 aliphatic carbocycles. The molecule has 0 fully saturated rings. The summed E-state index contributed by atoms with van der Waals surface area (Å²) in [6, 6.07) is 8.63. The van der Waals surface area contributed by atoms with Gasteiger partial charge in [-0.1, -0.05) is 18.2 Å². The lowest BCUT2D eigenvalue weighted by atomic mass is 9.91. The van der Waals surface area contributed by atoms with Gasteiger partial charge in [0.1, 0.15) is 0 Å². The van der Waals surface area contributed by atoms with Crippen LogP contribution in [0.1, 0.15) is 6.92 Å². The maximum atomic E-state index is 12.2. The highest BCUT2D eigenvalue weighted by molar-refractivity contribution is 6.59. The van der Waals surface area contributed by atoms with Gasteiger partial charge < -0.3 is 17.8 Å². The van der Waals surface area contributed by atoms with E-state index in [1.54, 1.807) is 37.3 Å².